The molecule has 17 heavy (non-hydrogen) atoms. The summed E-state index contributed by atoms with van der Waals surface area (Å²) in [6.45, 7) is 1.46. The van der Waals surface area contributed by atoms with Gasteiger partial charge in [0.05, 0.1) is 25.0 Å². The Morgan fingerprint density at radius 3 is 2.88 bits per heavy atom. The van der Waals surface area contributed by atoms with Crippen molar-refractivity contribution in [2.24, 2.45) is 0 Å². The summed E-state index contributed by atoms with van der Waals surface area (Å²) in [5, 5.41) is 3.32. The van der Waals surface area contributed by atoms with Crippen LogP contribution in [0.5, 0.6) is 0 Å². The predicted molar refractivity (Wildman–Crippen MR) is 63.3 cm³/mol. The Labute approximate surface area is 100 Å². The van der Waals surface area contributed by atoms with E-state index in [9.17, 15) is 0 Å². The molecule has 0 saturated heterocycles. The van der Waals surface area contributed by atoms with Crippen LogP contribution >= 0.6 is 0 Å². The van der Waals surface area contributed by atoms with Gasteiger partial charge in [0.1, 0.15) is 11.5 Å². The summed E-state index contributed by atoms with van der Waals surface area (Å²) in [7, 11) is 4.06. The standard InChI is InChI=1S/C12H17N3O2/c1-15(2)11(12-4-3-5-16-12)8-13-6-10-7-14-9-17-10/h3-5,7,9,11,13H,6,8H2,1-2H3. The second-order valence-corrected chi connectivity index (χ2v) is 4.09. The number of nitrogens with one attached hydrogen (secondary N) is 1. The van der Waals surface area contributed by atoms with Gasteiger partial charge in [-0.15, -0.1) is 0 Å². The fourth-order valence-electron chi connectivity index (χ4n) is 1.68. The molecule has 0 amide bonds. The van der Waals surface area contributed by atoms with Gasteiger partial charge < -0.3 is 14.2 Å². The third-order valence-electron chi connectivity index (χ3n) is 2.62. The quantitative estimate of drug-likeness (QED) is 0.825. The number of hydrogen-bond donors (Lipinski definition) is 1. The molecule has 92 valence electrons. The van der Waals surface area contributed by atoms with E-state index < -0.39 is 0 Å². The first-order valence-corrected chi connectivity index (χ1v) is 5.55. The number of oxazole rings is 1. The molecule has 1 N–H and O–H groups in total. The van der Waals surface area contributed by atoms with Gasteiger partial charge in [-0.2, -0.15) is 0 Å². The fourth-order valence-corrected chi connectivity index (χ4v) is 1.68. The minimum absolute atomic E-state index is 0.216. The van der Waals surface area contributed by atoms with Crippen molar-refractivity contribution >= 4 is 0 Å². The summed E-state index contributed by atoms with van der Waals surface area (Å²) in [5.41, 5.74) is 0. The lowest BCUT2D eigenvalue weighted by Gasteiger charge is -2.22. The lowest BCUT2D eigenvalue weighted by molar-refractivity contribution is 0.248. The van der Waals surface area contributed by atoms with Gasteiger partial charge in [-0.3, -0.25) is 4.90 Å². The lowest BCUT2D eigenvalue weighted by atomic mass is 10.2. The van der Waals surface area contributed by atoms with Crippen molar-refractivity contribution in [1.82, 2.24) is 15.2 Å². The highest BCUT2D eigenvalue weighted by Crippen LogP contribution is 2.17. The number of likely N-dealkylation sites (N-methyl/N-ethyl adjacent to an activating group) is 1. The van der Waals surface area contributed by atoms with Gasteiger partial charge in [-0.05, 0) is 26.2 Å². The first-order chi connectivity index (χ1) is 8.27. The van der Waals surface area contributed by atoms with Crippen molar-refractivity contribution in [2.45, 2.75) is 12.6 Å². The van der Waals surface area contributed by atoms with E-state index >= 15 is 0 Å². The maximum Gasteiger partial charge on any atom is 0.180 e. The number of nitrogens with zero attached hydrogens (tertiary/aromatic N) is 2. The van der Waals surface area contributed by atoms with Gasteiger partial charge in [0.2, 0.25) is 0 Å². The monoisotopic (exact) mass is 235 g/mol. The minimum atomic E-state index is 0.216. The maximum atomic E-state index is 5.43. The SMILES string of the molecule is CN(C)C(CNCc1cnco1)c1ccco1. The highest BCUT2D eigenvalue weighted by molar-refractivity contribution is 5.05. The Morgan fingerprint density at radius 2 is 2.29 bits per heavy atom. The highest BCUT2D eigenvalue weighted by Gasteiger charge is 2.16. The molecule has 0 aliphatic carbocycles. The summed E-state index contributed by atoms with van der Waals surface area (Å²) in [4.78, 5) is 5.99. The van der Waals surface area contributed by atoms with Crippen LogP contribution < -0.4 is 5.32 Å². The molecule has 1 unspecified atom stereocenters. The van der Waals surface area contributed by atoms with Gasteiger partial charge >= 0.3 is 0 Å². The molecule has 5 nitrogen and oxygen atoms in total. The molecule has 0 aliphatic heterocycles. The molecule has 2 aromatic rings. The van der Waals surface area contributed by atoms with Gasteiger partial charge in [-0.25, -0.2) is 4.98 Å². The number of rotatable bonds is 6. The molecule has 1 atom stereocenters. The summed E-state index contributed by atoms with van der Waals surface area (Å²) in [5.74, 6) is 1.79. The average molecular weight is 235 g/mol. The van der Waals surface area contributed by atoms with E-state index in [4.69, 9.17) is 8.83 Å². The maximum absolute atomic E-state index is 5.43. The predicted octanol–water partition coefficient (Wildman–Crippen LogP) is 1.66. The van der Waals surface area contributed by atoms with E-state index in [2.05, 4.69) is 15.2 Å². The first-order valence-electron chi connectivity index (χ1n) is 5.55. The third kappa shape index (κ3) is 3.18. The first kappa shape index (κ1) is 11.9. The van der Waals surface area contributed by atoms with Gasteiger partial charge in [0.15, 0.2) is 6.39 Å². The second-order valence-electron chi connectivity index (χ2n) is 4.09. The molecule has 2 aromatic heterocycles. The van der Waals surface area contributed by atoms with Crippen LogP contribution in [0.4, 0.5) is 0 Å². The zero-order valence-electron chi connectivity index (χ0n) is 10.1. The van der Waals surface area contributed by atoms with Crippen LogP contribution in [0.25, 0.3) is 0 Å². The molecule has 2 rings (SSSR count). The number of hydrogen-bond acceptors (Lipinski definition) is 5. The molecule has 0 saturated carbocycles. The van der Waals surface area contributed by atoms with Crippen molar-refractivity contribution < 1.29 is 8.83 Å². The zero-order chi connectivity index (χ0) is 12.1. The fraction of sp³-hybridized carbons (Fsp3) is 0.417. The van der Waals surface area contributed by atoms with E-state index in [1.165, 1.54) is 6.39 Å². The van der Waals surface area contributed by atoms with Crippen molar-refractivity contribution in [1.29, 1.82) is 0 Å². The van der Waals surface area contributed by atoms with E-state index in [0.29, 0.717) is 6.54 Å². The van der Waals surface area contributed by atoms with Crippen molar-refractivity contribution in [3.63, 3.8) is 0 Å². The molecule has 0 spiro atoms. The molecule has 0 aromatic carbocycles. The highest BCUT2D eigenvalue weighted by atomic mass is 16.3. The van der Waals surface area contributed by atoms with Crippen molar-refractivity contribution in [3.8, 4) is 0 Å². The molecule has 5 heteroatoms. The molecule has 0 fully saturated rings. The Kier molecular flexibility index (Phi) is 3.95. The zero-order valence-corrected chi connectivity index (χ0v) is 10.1. The molecular formula is C12H17N3O2. The molecule has 0 bridgehead atoms. The summed E-state index contributed by atoms with van der Waals surface area (Å²) in [6, 6.07) is 4.11. The Hall–Kier alpha value is -1.59. The van der Waals surface area contributed by atoms with Crippen molar-refractivity contribution in [2.75, 3.05) is 20.6 Å². The molecule has 0 radical (unpaired) electrons. The second kappa shape index (κ2) is 5.65. The Balaban J connectivity index is 1.86. The molecule has 2 heterocycles. The normalized spacial score (nSPS) is 13.1. The van der Waals surface area contributed by atoms with Crippen LogP contribution in [0.15, 0.2) is 39.8 Å². The topological polar surface area (TPSA) is 54.4 Å². The smallest absolute Gasteiger partial charge is 0.180 e. The number of aromatic nitrogens is 1. The van der Waals surface area contributed by atoms with Gasteiger partial charge in [-0.1, -0.05) is 0 Å². The van der Waals surface area contributed by atoms with Crippen LogP contribution in [0.3, 0.4) is 0 Å². The van der Waals surface area contributed by atoms with Gasteiger partial charge in [0, 0.05) is 6.54 Å². The summed E-state index contributed by atoms with van der Waals surface area (Å²) >= 11 is 0. The number of furan rings is 1. The molecular weight excluding hydrogens is 218 g/mol. The van der Waals surface area contributed by atoms with Crippen LogP contribution in [-0.2, 0) is 6.54 Å². The summed E-state index contributed by atoms with van der Waals surface area (Å²) < 4.78 is 10.6. The minimum Gasteiger partial charge on any atom is -0.468 e. The van der Waals surface area contributed by atoms with Gasteiger partial charge in [0.25, 0.3) is 0 Å². The van der Waals surface area contributed by atoms with E-state index in [1.54, 1.807) is 12.5 Å². The Bertz CT molecular complexity index is 409. The van der Waals surface area contributed by atoms with Crippen LogP contribution in [0, 0.1) is 0 Å². The third-order valence-corrected chi connectivity index (χ3v) is 2.62. The van der Waals surface area contributed by atoms with E-state index in [1.807, 2.05) is 26.2 Å². The largest absolute Gasteiger partial charge is 0.468 e. The average Bonchev–Trinajstić information content (AvgIpc) is 2.96. The lowest BCUT2D eigenvalue weighted by Crippen LogP contribution is -2.30. The Morgan fingerprint density at radius 1 is 1.41 bits per heavy atom. The molecule has 0 aliphatic rings. The van der Waals surface area contributed by atoms with Crippen LogP contribution in [0.2, 0.25) is 0 Å². The van der Waals surface area contributed by atoms with Crippen LogP contribution in [0.1, 0.15) is 17.6 Å². The van der Waals surface area contributed by atoms with Crippen LogP contribution in [-0.4, -0.2) is 30.5 Å². The summed E-state index contributed by atoms with van der Waals surface area (Å²) in [6.07, 6.45) is 4.85. The van der Waals surface area contributed by atoms with E-state index in [-0.39, 0.29) is 6.04 Å². The van der Waals surface area contributed by atoms with Crippen molar-refractivity contribution in [3.05, 3.63) is 42.5 Å². The van der Waals surface area contributed by atoms with E-state index in [0.717, 1.165) is 18.1 Å².